The van der Waals surface area contributed by atoms with E-state index in [1.165, 1.54) is 18.2 Å². The van der Waals surface area contributed by atoms with Crippen LogP contribution in [0.3, 0.4) is 0 Å². The van der Waals surface area contributed by atoms with Gasteiger partial charge in [-0.15, -0.1) is 0 Å². The Hall–Kier alpha value is -1.17. The lowest BCUT2D eigenvalue weighted by atomic mass is 10.0. The van der Waals surface area contributed by atoms with Crippen molar-refractivity contribution in [3.05, 3.63) is 29.0 Å². The Balaban J connectivity index is 1.93. The van der Waals surface area contributed by atoms with E-state index in [0.29, 0.717) is 18.3 Å². The van der Waals surface area contributed by atoms with Gasteiger partial charge in [-0.05, 0) is 57.1 Å². The van der Waals surface area contributed by atoms with Crippen LogP contribution in [-0.4, -0.2) is 43.0 Å². The summed E-state index contributed by atoms with van der Waals surface area (Å²) in [6.45, 7) is 5.38. The fraction of sp³-hybridized carbons (Fsp3) is 0.562. The first-order chi connectivity index (χ1) is 10.6. The summed E-state index contributed by atoms with van der Waals surface area (Å²) in [5, 5.41) is 6.14. The fourth-order valence-electron chi connectivity index (χ4n) is 2.81. The SMILES string of the molecule is CCCN(CC(=O)Nc1ccc(F)c(Cl)c1)C1CCNCC1. The molecule has 0 radical (unpaired) electrons. The first-order valence-electron chi connectivity index (χ1n) is 7.80. The summed E-state index contributed by atoms with van der Waals surface area (Å²) in [6.07, 6.45) is 3.14. The van der Waals surface area contributed by atoms with Crippen LogP contribution in [0.25, 0.3) is 0 Å². The lowest BCUT2D eigenvalue weighted by molar-refractivity contribution is -0.118. The van der Waals surface area contributed by atoms with Gasteiger partial charge in [-0.3, -0.25) is 9.69 Å². The van der Waals surface area contributed by atoms with E-state index in [2.05, 4.69) is 22.5 Å². The highest BCUT2D eigenvalue weighted by Gasteiger charge is 2.22. The molecule has 1 aliphatic heterocycles. The van der Waals surface area contributed by atoms with Crippen molar-refractivity contribution >= 4 is 23.2 Å². The molecule has 0 saturated carbocycles. The number of carbonyl (C=O) groups excluding carboxylic acids is 1. The van der Waals surface area contributed by atoms with Gasteiger partial charge in [-0.25, -0.2) is 4.39 Å². The fourth-order valence-corrected chi connectivity index (χ4v) is 2.99. The van der Waals surface area contributed by atoms with Crippen LogP contribution in [-0.2, 0) is 4.79 Å². The minimum absolute atomic E-state index is 0.0153. The van der Waals surface area contributed by atoms with Crippen LogP contribution in [0.4, 0.5) is 10.1 Å². The van der Waals surface area contributed by atoms with Crippen molar-refractivity contribution < 1.29 is 9.18 Å². The molecular formula is C16H23ClFN3O. The molecule has 4 nitrogen and oxygen atoms in total. The van der Waals surface area contributed by atoms with E-state index in [4.69, 9.17) is 11.6 Å². The average molecular weight is 328 g/mol. The second kappa shape index (κ2) is 8.46. The monoisotopic (exact) mass is 327 g/mol. The number of carbonyl (C=O) groups is 1. The summed E-state index contributed by atoms with van der Waals surface area (Å²) in [5.41, 5.74) is 0.526. The van der Waals surface area contributed by atoms with Gasteiger partial charge in [0.1, 0.15) is 5.82 Å². The van der Waals surface area contributed by atoms with E-state index in [0.717, 1.165) is 38.9 Å². The van der Waals surface area contributed by atoms with E-state index in [9.17, 15) is 9.18 Å². The van der Waals surface area contributed by atoms with E-state index in [1.54, 1.807) is 0 Å². The zero-order chi connectivity index (χ0) is 15.9. The van der Waals surface area contributed by atoms with Gasteiger partial charge >= 0.3 is 0 Å². The molecule has 1 amide bonds. The van der Waals surface area contributed by atoms with Crippen LogP contribution in [0.15, 0.2) is 18.2 Å². The van der Waals surface area contributed by atoms with E-state index >= 15 is 0 Å². The number of nitrogens with one attached hydrogen (secondary N) is 2. The largest absolute Gasteiger partial charge is 0.325 e. The van der Waals surface area contributed by atoms with Crippen LogP contribution in [0, 0.1) is 5.82 Å². The lowest BCUT2D eigenvalue weighted by Gasteiger charge is -2.34. The Labute approximate surface area is 136 Å². The van der Waals surface area contributed by atoms with Gasteiger partial charge in [0.15, 0.2) is 0 Å². The van der Waals surface area contributed by atoms with Gasteiger partial charge < -0.3 is 10.6 Å². The number of rotatable bonds is 6. The van der Waals surface area contributed by atoms with Crippen molar-refractivity contribution in [1.82, 2.24) is 10.2 Å². The summed E-state index contributed by atoms with van der Waals surface area (Å²) >= 11 is 5.73. The highest BCUT2D eigenvalue weighted by molar-refractivity contribution is 6.31. The Morgan fingerprint density at radius 3 is 2.82 bits per heavy atom. The smallest absolute Gasteiger partial charge is 0.238 e. The molecule has 2 N–H and O–H groups in total. The third-order valence-corrected chi connectivity index (χ3v) is 4.18. The first kappa shape index (κ1) is 17.2. The minimum atomic E-state index is -0.484. The van der Waals surface area contributed by atoms with E-state index < -0.39 is 5.82 Å². The number of halogens is 2. The van der Waals surface area contributed by atoms with Crippen LogP contribution >= 0.6 is 11.6 Å². The van der Waals surface area contributed by atoms with Crippen molar-refractivity contribution in [3.63, 3.8) is 0 Å². The lowest BCUT2D eigenvalue weighted by Crippen LogP contribution is -2.46. The predicted molar refractivity (Wildman–Crippen MR) is 87.8 cm³/mol. The van der Waals surface area contributed by atoms with Gasteiger partial charge in [0, 0.05) is 11.7 Å². The second-order valence-corrected chi connectivity index (χ2v) is 6.04. The van der Waals surface area contributed by atoms with Gasteiger partial charge in [-0.1, -0.05) is 18.5 Å². The third-order valence-electron chi connectivity index (χ3n) is 3.89. The Kier molecular flexibility index (Phi) is 6.61. The molecule has 122 valence electrons. The van der Waals surface area contributed by atoms with Crippen molar-refractivity contribution in [2.45, 2.75) is 32.2 Å². The summed E-state index contributed by atoms with van der Waals surface area (Å²) < 4.78 is 13.1. The molecule has 1 heterocycles. The Morgan fingerprint density at radius 2 is 2.18 bits per heavy atom. The molecule has 6 heteroatoms. The van der Waals surface area contributed by atoms with Gasteiger partial charge in [-0.2, -0.15) is 0 Å². The van der Waals surface area contributed by atoms with Crippen molar-refractivity contribution in [3.8, 4) is 0 Å². The molecular weight excluding hydrogens is 305 g/mol. The van der Waals surface area contributed by atoms with E-state index in [-0.39, 0.29) is 10.9 Å². The van der Waals surface area contributed by atoms with Gasteiger partial charge in [0.25, 0.3) is 0 Å². The Morgan fingerprint density at radius 1 is 1.45 bits per heavy atom. The molecule has 1 saturated heterocycles. The van der Waals surface area contributed by atoms with Crippen LogP contribution < -0.4 is 10.6 Å². The predicted octanol–water partition coefficient (Wildman–Crippen LogP) is 2.88. The molecule has 1 aliphatic rings. The van der Waals surface area contributed by atoms with Crippen molar-refractivity contribution in [2.24, 2.45) is 0 Å². The minimum Gasteiger partial charge on any atom is -0.325 e. The average Bonchev–Trinajstić information content (AvgIpc) is 2.51. The number of hydrogen-bond acceptors (Lipinski definition) is 3. The third kappa shape index (κ3) is 4.93. The number of hydrogen-bond donors (Lipinski definition) is 2. The zero-order valence-corrected chi connectivity index (χ0v) is 13.6. The van der Waals surface area contributed by atoms with Crippen LogP contribution in [0.5, 0.6) is 0 Å². The molecule has 22 heavy (non-hydrogen) atoms. The normalized spacial score (nSPS) is 16.0. The maximum atomic E-state index is 13.1. The molecule has 1 fully saturated rings. The topological polar surface area (TPSA) is 44.4 Å². The zero-order valence-electron chi connectivity index (χ0n) is 12.9. The molecule has 0 aliphatic carbocycles. The highest BCUT2D eigenvalue weighted by Crippen LogP contribution is 2.19. The van der Waals surface area contributed by atoms with Gasteiger partial charge in [0.05, 0.1) is 11.6 Å². The molecule has 2 rings (SSSR count). The summed E-state index contributed by atoms with van der Waals surface area (Å²) in [6, 6.07) is 4.66. The van der Waals surface area contributed by atoms with Gasteiger partial charge in [0.2, 0.25) is 5.91 Å². The Bertz CT molecular complexity index is 506. The number of amides is 1. The molecule has 0 bridgehead atoms. The highest BCUT2D eigenvalue weighted by atomic mass is 35.5. The number of piperidine rings is 1. The first-order valence-corrected chi connectivity index (χ1v) is 8.17. The van der Waals surface area contributed by atoms with Crippen LogP contribution in [0.1, 0.15) is 26.2 Å². The van der Waals surface area contributed by atoms with Crippen molar-refractivity contribution in [1.29, 1.82) is 0 Å². The maximum absolute atomic E-state index is 13.1. The molecule has 0 atom stereocenters. The van der Waals surface area contributed by atoms with Crippen molar-refractivity contribution in [2.75, 3.05) is 31.5 Å². The molecule has 0 spiro atoms. The molecule has 1 aromatic carbocycles. The molecule has 0 aromatic heterocycles. The second-order valence-electron chi connectivity index (χ2n) is 5.63. The summed E-state index contributed by atoms with van der Waals surface area (Å²) in [4.78, 5) is 14.5. The maximum Gasteiger partial charge on any atom is 0.238 e. The summed E-state index contributed by atoms with van der Waals surface area (Å²) in [5.74, 6) is -0.573. The quantitative estimate of drug-likeness (QED) is 0.844. The standard InChI is InChI=1S/C16H23ClFN3O/c1-2-9-21(13-5-7-19-8-6-13)11-16(22)20-12-3-4-15(18)14(17)10-12/h3-4,10,13,19H,2,5-9,11H2,1H3,(H,20,22). The number of benzene rings is 1. The van der Waals surface area contributed by atoms with Crippen LogP contribution in [0.2, 0.25) is 5.02 Å². The number of anilines is 1. The summed E-state index contributed by atoms with van der Waals surface area (Å²) in [7, 11) is 0. The molecule has 0 unspecified atom stereocenters. The van der Waals surface area contributed by atoms with E-state index in [1.807, 2.05) is 0 Å². The molecule has 1 aromatic rings. The number of nitrogens with zero attached hydrogens (tertiary/aromatic N) is 1.